The van der Waals surface area contributed by atoms with E-state index in [0.29, 0.717) is 5.92 Å². The molecule has 0 aliphatic heterocycles. The number of rotatable bonds is 4. The van der Waals surface area contributed by atoms with Crippen LogP contribution in [0.3, 0.4) is 0 Å². The molecule has 1 aromatic carbocycles. The van der Waals surface area contributed by atoms with Gasteiger partial charge in [0.05, 0.1) is 6.10 Å². The predicted octanol–water partition coefficient (Wildman–Crippen LogP) is 3.74. The van der Waals surface area contributed by atoms with Crippen molar-refractivity contribution in [2.75, 3.05) is 6.61 Å². The highest BCUT2D eigenvalue weighted by Gasteiger charge is 2.23. The summed E-state index contributed by atoms with van der Waals surface area (Å²) in [5.41, 5.74) is 0.155. The Balaban J connectivity index is 1.91. The molecule has 4 heteroatoms. The maximum Gasteiger partial charge on any atom is 0.188 e. The fourth-order valence-corrected chi connectivity index (χ4v) is 2.47. The quantitative estimate of drug-likeness (QED) is 0.777. The number of ketones is 1. The second kappa shape index (κ2) is 6.24. The summed E-state index contributed by atoms with van der Waals surface area (Å²) in [6.45, 7) is 2.05. The van der Waals surface area contributed by atoms with E-state index in [-0.39, 0.29) is 24.1 Å². The summed E-state index contributed by atoms with van der Waals surface area (Å²) in [7, 11) is 0. The Hall–Kier alpha value is -1.29. The van der Waals surface area contributed by atoms with Crippen LogP contribution in [0.25, 0.3) is 0 Å². The molecule has 0 saturated heterocycles. The topological polar surface area (TPSA) is 26.3 Å². The lowest BCUT2D eigenvalue weighted by Crippen LogP contribution is -2.28. The molecule has 0 bridgehead atoms. The zero-order chi connectivity index (χ0) is 13.8. The highest BCUT2D eigenvalue weighted by molar-refractivity contribution is 5.97. The molecule has 0 amide bonds. The van der Waals surface area contributed by atoms with Crippen LogP contribution in [0.5, 0.6) is 0 Å². The molecule has 19 heavy (non-hydrogen) atoms. The molecule has 104 valence electrons. The molecule has 0 aromatic heterocycles. The van der Waals surface area contributed by atoms with Crippen molar-refractivity contribution in [3.63, 3.8) is 0 Å². The van der Waals surface area contributed by atoms with Gasteiger partial charge in [0, 0.05) is 5.56 Å². The summed E-state index contributed by atoms with van der Waals surface area (Å²) in [6.07, 6.45) is 4.51. The lowest BCUT2D eigenvalue weighted by molar-refractivity contribution is 0.000735. The minimum atomic E-state index is -1.00. The third-order valence-corrected chi connectivity index (χ3v) is 3.70. The number of hydrogen-bond donors (Lipinski definition) is 0. The van der Waals surface area contributed by atoms with E-state index in [9.17, 15) is 13.6 Å². The zero-order valence-electron chi connectivity index (χ0n) is 11.0. The minimum Gasteiger partial charge on any atom is -0.370 e. The molecular formula is C15H18F2O2. The SMILES string of the molecule is CC1CCCCC1OCC(=O)c1ccc(F)c(F)c1. The Morgan fingerprint density at radius 2 is 2.00 bits per heavy atom. The van der Waals surface area contributed by atoms with Crippen LogP contribution in [-0.4, -0.2) is 18.5 Å². The molecule has 2 unspecified atom stereocenters. The molecule has 0 spiro atoms. The molecule has 1 aliphatic rings. The second-order valence-electron chi connectivity index (χ2n) is 5.16. The van der Waals surface area contributed by atoms with E-state index in [2.05, 4.69) is 6.92 Å². The van der Waals surface area contributed by atoms with Gasteiger partial charge in [-0.3, -0.25) is 4.79 Å². The first-order valence-corrected chi connectivity index (χ1v) is 6.68. The number of benzene rings is 1. The summed E-state index contributed by atoms with van der Waals surface area (Å²) < 4.78 is 31.4. The van der Waals surface area contributed by atoms with E-state index in [1.54, 1.807) is 0 Å². The van der Waals surface area contributed by atoms with Crippen LogP contribution in [-0.2, 0) is 4.74 Å². The Labute approximate surface area is 111 Å². The lowest BCUT2D eigenvalue weighted by Gasteiger charge is -2.28. The molecule has 2 rings (SSSR count). The van der Waals surface area contributed by atoms with Crippen molar-refractivity contribution in [2.24, 2.45) is 5.92 Å². The second-order valence-corrected chi connectivity index (χ2v) is 5.16. The normalized spacial score (nSPS) is 23.3. The van der Waals surface area contributed by atoms with Gasteiger partial charge in [-0.15, -0.1) is 0 Å². The standard InChI is InChI=1S/C15H18F2O2/c1-10-4-2-3-5-15(10)19-9-14(18)11-6-7-12(16)13(17)8-11/h6-8,10,15H,2-5,9H2,1H3. The van der Waals surface area contributed by atoms with Crippen LogP contribution in [0.15, 0.2) is 18.2 Å². The molecule has 0 radical (unpaired) electrons. The molecule has 0 N–H and O–H groups in total. The largest absolute Gasteiger partial charge is 0.370 e. The third-order valence-electron chi connectivity index (χ3n) is 3.70. The predicted molar refractivity (Wildman–Crippen MR) is 68.1 cm³/mol. The molecule has 1 saturated carbocycles. The van der Waals surface area contributed by atoms with Gasteiger partial charge in [0.2, 0.25) is 0 Å². The molecule has 1 aliphatic carbocycles. The first kappa shape index (κ1) is 14.1. The molecular weight excluding hydrogens is 250 g/mol. The van der Waals surface area contributed by atoms with Crippen molar-refractivity contribution < 1.29 is 18.3 Å². The van der Waals surface area contributed by atoms with E-state index in [1.807, 2.05) is 0 Å². The van der Waals surface area contributed by atoms with Crippen LogP contribution >= 0.6 is 0 Å². The number of hydrogen-bond acceptors (Lipinski definition) is 2. The third kappa shape index (κ3) is 3.60. The van der Waals surface area contributed by atoms with Gasteiger partial charge >= 0.3 is 0 Å². The van der Waals surface area contributed by atoms with E-state index < -0.39 is 11.6 Å². The average molecular weight is 268 g/mol. The van der Waals surface area contributed by atoms with Crippen LogP contribution in [0.4, 0.5) is 8.78 Å². The highest BCUT2D eigenvalue weighted by atomic mass is 19.2. The van der Waals surface area contributed by atoms with E-state index in [0.717, 1.165) is 31.4 Å². The maximum absolute atomic E-state index is 13.0. The first-order valence-electron chi connectivity index (χ1n) is 6.68. The molecule has 2 nitrogen and oxygen atoms in total. The molecule has 0 heterocycles. The summed E-state index contributed by atoms with van der Waals surface area (Å²) in [5.74, 6) is -1.81. The minimum absolute atomic E-state index is 0.0694. The van der Waals surface area contributed by atoms with Crippen molar-refractivity contribution in [3.8, 4) is 0 Å². The van der Waals surface area contributed by atoms with Crippen molar-refractivity contribution in [3.05, 3.63) is 35.4 Å². The van der Waals surface area contributed by atoms with Crippen molar-refractivity contribution in [1.82, 2.24) is 0 Å². The molecule has 1 aromatic rings. The van der Waals surface area contributed by atoms with Crippen LogP contribution in [0.1, 0.15) is 43.0 Å². The van der Waals surface area contributed by atoms with Crippen molar-refractivity contribution >= 4 is 5.78 Å². The molecule has 1 fully saturated rings. The first-order chi connectivity index (χ1) is 9.08. The summed E-state index contributed by atoms with van der Waals surface area (Å²) in [5, 5.41) is 0. The van der Waals surface area contributed by atoms with Gasteiger partial charge in [-0.25, -0.2) is 8.78 Å². The Morgan fingerprint density at radius 3 is 2.68 bits per heavy atom. The van der Waals surface area contributed by atoms with Crippen molar-refractivity contribution in [1.29, 1.82) is 0 Å². The average Bonchev–Trinajstić information content (AvgIpc) is 2.40. The van der Waals surface area contributed by atoms with Crippen LogP contribution < -0.4 is 0 Å². The Bertz CT molecular complexity index is 459. The van der Waals surface area contributed by atoms with E-state index in [4.69, 9.17) is 4.74 Å². The van der Waals surface area contributed by atoms with Gasteiger partial charge < -0.3 is 4.74 Å². The summed E-state index contributed by atoms with van der Waals surface area (Å²) >= 11 is 0. The zero-order valence-corrected chi connectivity index (χ0v) is 11.0. The Kier molecular flexibility index (Phi) is 4.64. The van der Waals surface area contributed by atoms with Gasteiger partial charge in [-0.05, 0) is 37.0 Å². The number of carbonyl (C=O) groups is 1. The van der Waals surface area contributed by atoms with E-state index >= 15 is 0 Å². The fourth-order valence-electron chi connectivity index (χ4n) is 2.47. The lowest BCUT2D eigenvalue weighted by atomic mass is 9.88. The number of carbonyl (C=O) groups excluding carboxylic acids is 1. The summed E-state index contributed by atoms with van der Waals surface area (Å²) in [4.78, 5) is 11.8. The smallest absolute Gasteiger partial charge is 0.188 e. The van der Waals surface area contributed by atoms with Gasteiger partial charge in [0.1, 0.15) is 6.61 Å². The Morgan fingerprint density at radius 1 is 1.26 bits per heavy atom. The van der Waals surface area contributed by atoms with Crippen molar-refractivity contribution in [2.45, 2.75) is 38.7 Å². The van der Waals surface area contributed by atoms with Gasteiger partial charge in [0.15, 0.2) is 17.4 Å². The van der Waals surface area contributed by atoms with E-state index in [1.165, 1.54) is 12.5 Å². The molecule has 2 atom stereocenters. The maximum atomic E-state index is 13.0. The monoisotopic (exact) mass is 268 g/mol. The number of ether oxygens (including phenoxy) is 1. The van der Waals surface area contributed by atoms with Gasteiger partial charge in [0.25, 0.3) is 0 Å². The van der Waals surface area contributed by atoms with Gasteiger partial charge in [-0.1, -0.05) is 19.8 Å². The van der Waals surface area contributed by atoms with Crippen LogP contribution in [0.2, 0.25) is 0 Å². The summed E-state index contributed by atoms with van der Waals surface area (Å²) in [6, 6.07) is 3.17. The van der Waals surface area contributed by atoms with Gasteiger partial charge in [-0.2, -0.15) is 0 Å². The number of Topliss-reactive ketones (excluding diaryl/α,β-unsaturated/α-hetero) is 1. The highest BCUT2D eigenvalue weighted by Crippen LogP contribution is 2.26. The fraction of sp³-hybridized carbons (Fsp3) is 0.533. The van der Waals surface area contributed by atoms with Crippen LogP contribution in [0, 0.1) is 17.6 Å². The number of halogens is 2.